The predicted molar refractivity (Wildman–Crippen MR) is 69.3 cm³/mol. The summed E-state index contributed by atoms with van der Waals surface area (Å²) in [6.45, 7) is 4.11. The molecule has 1 aliphatic heterocycles. The van der Waals surface area contributed by atoms with E-state index in [4.69, 9.17) is 0 Å². The number of thioether (sulfide) groups is 2. The van der Waals surface area contributed by atoms with Gasteiger partial charge in [-0.05, 0) is 13.0 Å². The molecule has 0 amide bonds. The Kier molecular flexibility index (Phi) is 3.86. The van der Waals surface area contributed by atoms with Crippen molar-refractivity contribution in [2.75, 3.05) is 11.5 Å². The zero-order chi connectivity index (χ0) is 11.5. The second-order valence-corrected chi connectivity index (χ2v) is 6.51. The van der Waals surface area contributed by atoms with E-state index >= 15 is 0 Å². The van der Waals surface area contributed by atoms with Crippen molar-refractivity contribution in [1.29, 1.82) is 0 Å². The molecule has 1 aromatic heterocycles. The Bertz CT molecular complexity index is 398. The van der Waals surface area contributed by atoms with Gasteiger partial charge in [-0.1, -0.05) is 6.92 Å². The van der Waals surface area contributed by atoms with Crippen LogP contribution >= 0.6 is 23.5 Å². The summed E-state index contributed by atoms with van der Waals surface area (Å²) in [7, 11) is 0. The van der Waals surface area contributed by atoms with Crippen molar-refractivity contribution in [3.63, 3.8) is 0 Å². The van der Waals surface area contributed by atoms with E-state index in [0.717, 1.165) is 23.6 Å². The summed E-state index contributed by atoms with van der Waals surface area (Å²) in [5, 5.41) is 0.831. The normalized spacial score (nSPS) is 25.4. The van der Waals surface area contributed by atoms with Gasteiger partial charge < -0.3 is 0 Å². The van der Waals surface area contributed by atoms with Gasteiger partial charge in [0.25, 0.3) is 0 Å². The minimum Gasteiger partial charge on any atom is -0.296 e. The summed E-state index contributed by atoms with van der Waals surface area (Å²) in [5.41, 5.74) is 1.36. The summed E-state index contributed by atoms with van der Waals surface area (Å²) < 4.78 is 0. The van der Waals surface area contributed by atoms with Crippen molar-refractivity contribution in [3.05, 3.63) is 23.3 Å². The first-order valence-corrected chi connectivity index (χ1v) is 7.34. The lowest BCUT2D eigenvalue weighted by Gasteiger charge is -2.26. The highest BCUT2D eigenvalue weighted by Crippen LogP contribution is 2.40. The van der Waals surface area contributed by atoms with Gasteiger partial charge in [0, 0.05) is 22.4 Å². The van der Waals surface area contributed by atoms with Gasteiger partial charge in [0.1, 0.15) is 11.5 Å². The van der Waals surface area contributed by atoms with Crippen LogP contribution in [-0.4, -0.2) is 33.0 Å². The zero-order valence-electron chi connectivity index (χ0n) is 9.34. The molecule has 1 saturated heterocycles. The molecule has 16 heavy (non-hydrogen) atoms. The van der Waals surface area contributed by atoms with Gasteiger partial charge in [-0.3, -0.25) is 4.79 Å². The van der Waals surface area contributed by atoms with Crippen LogP contribution in [-0.2, 0) is 0 Å². The Labute approximate surface area is 104 Å². The number of hydrogen-bond donors (Lipinski definition) is 0. The van der Waals surface area contributed by atoms with Gasteiger partial charge in [-0.2, -0.15) is 11.8 Å². The van der Waals surface area contributed by atoms with Gasteiger partial charge in [0.15, 0.2) is 6.29 Å². The molecule has 0 N–H and O–H groups in total. The van der Waals surface area contributed by atoms with Gasteiger partial charge in [-0.15, -0.1) is 11.8 Å². The van der Waals surface area contributed by atoms with Crippen molar-refractivity contribution in [1.82, 2.24) is 9.97 Å². The summed E-state index contributed by atoms with van der Waals surface area (Å²) in [4.78, 5) is 19.5. The summed E-state index contributed by atoms with van der Waals surface area (Å²) in [6.07, 6.45) is 0.795. The number of carbonyl (C=O) groups excluding carboxylic acids is 1. The molecule has 2 unspecified atom stereocenters. The van der Waals surface area contributed by atoms with Crippen LogP contribution in [0.25, 0.3) is 0 Å². The Hall–Kier alpha value is -0.550. The molecule has 2 atom stereocenters. The van der Waals surface area contributed by atoms with Crippen molar-refractivity contribution in [2.24, 2.45) is 0 Å². The predicted octanol–water partition coefficient (Wildman–Crippen LogP) is 2.51. The van der Waals surface area contributed by atoms with Crippen LogP contribution in [0.1, 0.15) is 34.2 Å². The molecule has 2 heterocycles. The van der Waals surface area contributed by atoms with E-state index < -0.39 is 0 Å². The molecular weight excluding hydrogens is 240 g/mol. The number of carbonyl (C=O) groups is 1. The van der Waals surface area contributed by atoms with Crippen LogP contribution in [0.15, 0.2) is 6.07 Å². The lowest BCUT2D eigenvalue weighted by Crippen LogP contribution is -2.19. The lowest BCUT2D eigenvalue weighted by atomic mass is 10.2. The van der Waals surface area contributed by atoms with Crippen LogP contribution in [0.3, 0.4) is 0 Å². The van der Waals surface area contributed by atoms with E-state index in [2.05, 4.69) is 16.9 Å². The molecule has 0 aliphatic carbocycles. The summed E-state index contributed by atoms with van der Waals surface area (Å²) in [6, 6.07) is 1.72. The van der Waals surface area contributed by atoms with E-state index in [1.54, 1.807) is 6.07 Å². The van der Waals surface area contributed by atoms with E-state index in [9.17, 15) is 4.79 Å². The van der Waals surface area contributed by atoms with Crippen LogP contribution < -0.4 is 0 Å². The molecular formula is C11H14N2OS2. The number of aryl methyl sites for hydroxylation is 1. The van der Waals surface area contributed by atoms with E-state index in [1.807, 2.05) is 30.4 Å². The number of nitrogens with zero attached hydrogens (tertiary/aromatic N) is 2. The Morgan fingerprint density at radius 2 is 2.12 bits per heavy atom. The maximum Gasteiger partial charge on any atom is 0.168 e. The largest absolute Gasteiger partial charge is 0.296 e. The quantitative estimate of drug-likeness (QED) is 0.759. The maximum absolute atomic E-state index is 10.8. The Balaban J connectivity index is 2.31. The first kappa shape index (κ1) is 11.9. The number of rotatable bonds is 2. The molecule has 3 nitrogen and oxygen atoms in total. The molecule has 0 spiro atoms. The zero-order valence-corrected chi connectivity index (χ0v) is 11.0. The number of aromatic nitrogens is 2. The maximum atomic E-state index is 10.8. The van der Waals surface area contributed by atoms with Gasteiger partial charge in [0.2, 0.25) is 0 Å². The van der Waals surface area contributed by atoms with Crippen molar-refractivity contribution < 1.29 is 4.79 Å². The van der Waals surface area contributed by atoms with Gasteiger partial charge in [-0.25, -0.2) is 9.97 Å². The monoisotopic (exact) mass is 254 g/mol. The third-order valence-corrected chi connectivity index (χ3v) is 5.54. The topological polar surface area (TPSA) is 42.9 Å². The summed E-state index contributed by atoms with van der Waals surface area (Å²) >= 11 is 3.84. The van der Waals surface area contributed by atoms with Crippen molar-refractivity contribution in [2.45, 2.75) is 24.3 Å². The molecule has 2 rings (SSSR count). The van der Waals surface area contributed by atoms with Crippen LogP contribution in [0.5, 0.6) is 0 Å². The van der Waals surface area contributed by atoms with Crippen molar-refractivity contribution in [3.8, 4) is 0 Å². The molecule has 86 valence electrons. The SMILES string of the molecule is Cc1cc(C=O)nc(C2SCCSC2C)n1. The Morgan fingerprint density at radius 1 is 1.38 bits per heavy atom. The minimum atomic E-state index is 0.317. The highest BCUT2D eigenvalue weighted by atomic mass is 32.2. The fourth-order valence-corrected chi connectivity index (χ4v) is 4.41. The highest BCUT2D eigenvalue weighted by Gasteiger charge is 2.26. The smallest absolute Gasteiger partial charge is 0.168 e. The van der Waals surface area contributed by atoms with Crippen LogP contribution in [0, 0.1) is 6.92 Å². The van der Waals surface area contributed by atoms with Crippen LogP contribution in [0.2, 0.25) is 0 Å². The van der Waals surface area contributed by atoms with Gasteiger partial charge in [0.05, 0.1) is 5.25 Å². The van der Waals surface area contributed by atoms with E-state index in [1.165, 1.54) is 5.75 Å². The standard InChI is InChI=1S/C11H14N2OS2/c1-7-5-9(6-14)13-11(12-7)10-8(2)15-3-4-16-10/h5-6,8,10H,3-4H2,1-2H3. The molecule has 5 heteroatoms. The molecule has 0 saturated carbocycles. The average Bonchev–Trinajstić information content (AvgIpc) is 2.28. The second-order valence-electron chi connectivity index (χ2n) is 3.78. The van der Waals surface area contributed by atoms with E-state index in [-0.39, 0.29) is 0 Å². The molecule has 1 aromatic rings. The van der Waals surface area contributed by atoms with Gasteiger partial charge >= 0.3 is 0 Å². The van der Waals surface area contributed by atoms with Crippen molar-refractivity contribution >= 4 is 29.8 Å². The average molecular weight is 254 g/mol. The molecule has 1 fully saturated rings. The lowest BCUT2D eigenvalue weighted by molar-refractivity contribution is 0.111. The first-order chi connectivity index (χ1) is 7.70. The first-order valence-electron chi connectivity index (χ1n) is 5.24. The minimum absolute atomic E-state index is 0.317. The third kappa shape index (κ3) is 2.58. The molecule has 0 bridgehead atoms. The highest BCUT2D eigenvalue weighted by molar-refractivity contribution is 8.06. The molecule has 0 radical (unpaired) electrons. The molecule has 0 aromatic carbocycles. The van der Waals surface area contributed by atoms with E-state index in [0.29, 0.717) is 16.2 Å². The summed E-state index contributed by atoms with van der Waals surface area (Å²) in [5.74, 6) is 3.13. The number of hydrogen-bond acceptors (Lipinski definition) is 5. The molecule has 1 aliphatic rings. The number of aldehydes is 1. The Morgan fingerprint density at radius 3 is 2.81 bits per heavy atom. The second kappa shape index (κ2) is 5.19. The fourth-order valence-electron chi connectivity index (χ4n) is 1.72. The fraction of sp³-hybridized carbons (Fsp3) is 0.545. The van der Waals surface area contributed by atoms with Crippen LogP contribution in [0.4, 0.5) is 0 Å². The third-order valence-electron chi connectivity index (χ3n) is 2.45.